The van der Waals surface area contributed by atoms with Crippen LogP contribution in [0.15, 0.2) is 30.3 Å². The highest BCUT2D eigenvalue weighted by Gasteiger charge is 2.32. The Balaban J connectivity index is 2.04. The number of alkyl halides is 5. The molecule has 3 rings (SSSR count). The van der Waals surface area contributed by atoms with Gasteiger partial charge in [0.2, 0.25) is 5.82 Å². The fourth-order valence-electron chi connectivity index (χ4n) is 2.18. The molecule has 132 valence electrons. The number of benzene rings is 1. The highest BCUT2D eigenvalue weighted by molar-refractivity contribution is 5.63. The van der Waals surface area contributed by atoms with E-state index in [1.54, 1.807) is 0 Å². The molecule has 1 N–H and O–H groups in total. The Bertz CT molecular complexity index is 910. The van der Waals surface area contributed by atoms with E-state index in [0.717, 1.165) is 10.6 Å². The molecular formula is C14H9F5N4O2. The minimum absolute atomic E-state index is 0.0958. The number of aliphatic hydroxyl groups is 1. The van der Waals surface area contributed by atoms with Crippen molar-refractivity contribution < 1.29 is 31.8 Å². The van der Waals surface area contributed by atoms with Crippen molar-refractivity contribution in [3.63, 3.8) is 0 Å². The fourth-order valence-corrected chi connectivity index (χ4v) is 2.18. The molecule has 0 unspecified atom stereocenters. The van der Waals surface area contributed by atoms with Crippen molar-refractivity contribution in [2.24, 2.45) is 0 Å². The Hall–Kier alpha value is -2.82. The van der Waals surface area contributed by atoms with Gasteiger partial charge in [0, 0.05) is 11.1 Å². The lowest BCUT2D eigenvalue weighted by Crippen LogP contribution is -2.18. The van der Waals surface area contributed by atoms with Crippen molar-refractivity contribution in [1.82, 2.24) is 19.8 Å². The molecule has 0 aliphatic carbocycles. The zero-order chi connectivity index (χ0) is 18.2. The second-order valence-corrected chi connectivity index (χ2v) is 4.88. The quantitative estimate of drug-likeness (QED) is 0.724. The van der Waals surface area contributed by atoms with Crippen LogP contribution in [0.25, 0.3) is 16.9 Å². The summed E-state index contributed by atoms with van der Waals surface area (Å²) < 4.78 is 67.4. The van der Waals surface area contributed by atoms with E-state index < -0.39 is 31.0 Å². The lowest BCUT2D eigenvalue weighted by molar-refractivity contribution is -0.275. The summed E-state index contributed by atoms with van der Waals surface area (Å²) in [5.74, 6) is -1.21. The highest BCUT2D eigenvalue weighted by Crippen LogP contribution is 2.30. The summed E-state index contributed by atoms with van der Waals surface area (Å²) in [4.78, 5) is 0. The smallest absolute Gasteiger partial charge is 0.405 e. The van der Waals surface area contributed by atoms with E-state index in [-0.39, 0.29) is 16.9 Å². The van der Waals surface area contributed by atoms with Crippen LogP contribution in [0.1, 0.15) is 17.8 Å². The maximum Gasteiger partial charge on any atom is 0.573 e. The van der Waals surface area contributed by atoms with E-state index in [2.05, 4.69) is 20.0 Å². The Kier molecular flexibility index (Phi) is 4.25. The van der Waals surface area contributed by atoms with Gasteiger partial charge >= 0.3 is 6.36 Å². The van der Waals surface area contributed by atoms with Gasteiger partial charge in [-0.3, -0.25) is 0 Å². The Labute approximate surface area is 136 Å². The van der Waals surface area contributed by atoms with Crippen LogP contribution >= 0.6 is 0 Å². The third kappa shape index (κ3) is 3.50. The van der Waals surface area contributed by atoms with Gasteiger partial charge in [0.1, 0.15) is 5.75 Å². The normalized spacial score (nSPS) is 12.1. The van der Waals surface area contributed by atoms with Gasteiger partial charge in [-0.2, -0.15) is 9.61 Å². The van der Waals surface area contributed by atoms with Crippen LogP contribution in [0.5, 0.6) is 5.75 Å². The van der Waals surface area contributed by atoms with E-state index in [4.69, 9.17) is 0 Å². The average Bonchev–Trinajstić information content (AvgIpc) is 2.97. The van der Waals surface area contributed by atoms with Crippen LogP contribution in [0.4, 0.5) is 22.0 Å². The van der Waals surface area contributed by atoms with E-state index in [0.29, 0.717) is 5.56 Å². The molecule has 11 heteroatoms. The molecule has 0 aliphatic rings. The number of nitrogens with zero attached hydrogens (tertiary/aromatic N) is 4. The first-order valence-corrected chi connectivity index (χ1v) is 6.79. The van der Waals surface area contributed by atoms with Gasteiger partial charge in [0.25, 0.3) is 6.43 Å². The first kappa shape index (κ1) is 17.0. The molecule has 0 bridgehead atoms. The minimum atomic E-state index is -4.91. The Morgan fingerprint density at radius 2 is 1.88 bits per heavy atom. The first-order chi connectivity index (χ1) is 11.8. The molecule has 0 atom stereocenters. The van der Waals surface area contributed by atoms with Crippen LogP contribution < -0.4 is 4.74 Å². The predicted molar refractivity (Wildman–Crippen MR) is 73.8 cm³/mol. The topological polar surface area (TPSA) is 72.5 Å². The summed E-state index contributed by atoms with van der Waals surface area (Å²) in [7, 11) is 0. The molecule has 0 radical (unpaired) electrons. The standard InChI is InChI=1S/C14H9F5N4O2/c15-12(16)13-21-20-11-4-2-9(22-23(11)13)7-1-3-10(8(5-7)6-24)25-14(17,18)19/h1-5,12,24H,6H2. The molecule has 3 aromatic rings. The van der Waals surface area contributed by atoms with Crippen molar-refractivity contribution in [2.45, 2.75) is 19.4 Å². The van der Waals surface area contributed by atoms with Crippen molar-refractivity contribution in [1.29, 1.82) is 0 Å². The zero-order valence-electron chi connectivity index (χ0n) is 12.2. The molecule has 2 heterocycles. The van der Waals surface area contributed by atoms with Gasteiger partial charge in [-0.25, -0.2) is 8.78 Å². The molecule has 0 saturated heterocycles. The molecular weight excluding hydrogens is 351 g/mol. The summed E-state index contributed by atoms with van der Waals surface area (Å²) in [5, 5.41) is 20.1. The largest absolute Gasteiger partial charge is 0.573 e. The van der Waals surface area contributed by atoms with Crippen molar-refractivity contribution in [3.8, 4) is 17.0 Å². The van der Waals surface area contributed by atoms with Crippen molar-refractivity contribution in [2.75, 3.05) is 0 Å². The van der Waals surface area contributed by atoms with E-state index >= 15 is 0 Å². The number of rotatable bonds is 4. The maximum absolute atomic E-state index is 12.9. The predicted octanol–water partition coefficient (Wildman–Crippen LogP) is 3.12. The summed E-state index contributed by atoms with van der Waals surface area (Å²) in [5.41, 5.74) is 0.449. The molecule has 0 fully saturated rings. The second-order valence-electron chi connectivity index (χ2n) is 4.88. The third-order valence-electron chi connectivity index (χ3n) is 3.23. The molecule has 0 saturated carbocycles. The second kappa shape index (κ2) is 6.24. The average molecular weight is 360 g/mol. The number of hydrogen-bond donors (Lipinski definition) is 1. The monoisotopic (exact) mass is 360 g/mol. The maximum atomic E-state index is 12.9. The van der Waals surface area contributed by atoms with Crippen LogP contribution in [0.3, 0.4) is 0 Å². The van der Waals surface area contributed by atoms with Gasteiger partial charge in [-0.05, 0) is 30.3 Å². The molecule has 0 amide bonds. The lowest BCUT2D eigenvalue weighted by atomic mass is 10.1. The fraction of sp³-hybridized carbons (Fsp3) is 0.214. The van der Waals surface area contributed by atoms with E-state index in [1.165, 1.54) is 24.3 Å². The van der Waals surface area contributed by atoms with Crippen LogP contribution in [-0.2, 0) is 6.61 Å². The minimum Gasteiger partial charge on any atom is -0.405 e. The van der Waals surface area contributed by atoms with Crippen molar-refractivity contribution >= 4 is 5.65 Å². The van der Waals surface area contributed by atoms with E-state index in [1.807, 2.05) is 0 Å². The van der Waals surface area contributed by atoms with Crippen molar-refractivity contribution in [3.05, 3.63) is 41.7 Å². The molecule has 2 aromatic heterocycles. The lowest BCUT2D eigenvalue weighted by Gasteiger charge is -2.13. The first-order valence-electron chi connectivity index (χ1n) is 6.79. The number of aliphatic hydroxyl groups excluding tert-OH is 1. The summed E-state index contributed by atoms with van der Waals surface area (Å²) in [6.07, 6.45) is -7.80. The highest BCUT2D eigenvalue weighted by atomic mass is 19.4. The van der Waals surface area contributed by atoms with Gasteiger partial charge in [-0.15, -0.1) is 23.4 Å². The van der Waals surface area contributed by atoms with Gasteiger partial charge in [0.15, 0.2) is 5.65 Å². The molecule has 25 heavy (non-hydrogen) atoms. The Morgan fingerprint density at radius 3 is 2.52 bits per heavy atom. The number of hydrogen-bond acceptors (Lipinski definition) is 5. The molecule has 6 nitrogen and oxygen atoms in total. The number of halogens is 5. The van der Waals surface area contributed by atoms with Gasteiger partial charge < -0.3 is 9.84 Å². The summed E-state index contributed by atoms with van der Waals surface area (Å²) in [6, 6.07) is 6.34. The number of ether oxygens (including phenoxy) is 1. The molecule has 0 aliphatic heterocycles. The Morgan fingerprint density at radius 1 is 1.12 bits per heavy atom. The SMILES string of the molecule is OCc1cc(-c2ccc3nnc(C(F)F)n3n2)ccc1OC(F)(F)F. The molecule has 0 spiro atoms. The van der Waals surface area contributed by atoms with Crippen LogP contribution in [-0.4, -0.2) is 31.3 Å². The molecule has 1 aromatic carbocycles. The number of fused-ring (bicyclic) bond motifs is 1. The third-order valence-corrected chi connectivity index (χ3v) is 3.23. The van der Waals surface area contributed by atoms with Gasteiger partial charge in [0.05, 0.1) is 12.3 Å². The van der Waals surface area contributed by atoms with Crippen LogP contribution in [0, 0.1) is 0 Å². The number of aromatic nitrogens is 4. The van der Waals surface area contributed by atoms with E-state index in [9.17, 15) is 27.1 Å². The summed E-state index contributed by atoms with van der Waals surface area (Å²) in [6.45, 7) is -0.712. The van der Waals surface area contributed by atoms with Crippen LogP contribution in [0.2, 0.25) is 0 Å². The summed E-state index contributed by atoms with van der Waals surface area (Å²) >= 11 is 0. The van der Waals surface area contributed by atoms with Gasteiger partial charge in [-0.1, -0.05) is 0 Å². The zero-order valence-corrected chi connectivity index (χ0v) is 12.2.